The van der Waals surface area contributed by atoms with E-state index in [-0.39, 0.29) is 24.0 Å². The lowest BCUT2D eigenvalue weighted by atomic mass is 10.1. The Hall–Kier alpha value is -2.33. The summed E-state index contributed by atoms with van der Waals surface area (Å²) < 4.78 is 7.04. The highest BCUT2D eigenvalue weighted by atomic mass is 127. The van der Waals surface area contributed by atoms with E-state index >= 15 is 0 Å². The van der Waals surface area contributed by atoms with E-state index in [2.05, 4.69) is 25.6 Å². The predicted molar refractivity (Wildman–Crippen MR) is 127 cm³/mol. The summed E-state index contributed by atoms with van der Waals surface area (Å²) in [5.74, 6) is 2.32. The van der Waals surface area contributed by atoms with Crippen LogP contribution < -0.4 is 15.4 Å². The molecule has 0 aliphatic rings. The van der Waals surface area contributed by atoms with Gasteiger partial charge in [-0.15, -0.1) is 24.0 Å². The fourth-order valence-corrected chi connectivity index (χ4v) is 2.91. The van der Waals surface area contributed by atoms with E-state index < -0.39 is 0 Å². The third kappa shape index (κ3) is 6.60. The zero-order valence-electron chi connectivity index (χ0n) is 16.3. The first kappa shape index (κ1) is 23.0. The van der Waals surface area contributed by atoms with Crippen molar-refractivity contribution < 1.29 is 4.74 Å². The second kappa shape index (κ2) is 11.6. The van der Waals surface area contributed by atoms with E-state index in [0.717, 1.165) is 35.1 Å². The molecule has 0 saturated heterocycles. The highest BCUT2D eigenvalue weighted by Gasteiger charge is 2.04. The number of nitrogens with one attached hydrogen (secondary N) is 2. The standard InChI is InChI=1S/C20H23ClN6O.HI/c1-22-20(24-8-7-16-4-5-17(28-2)11-18(16)21)26-13-15-3-6-19(25-12-15)27-10-9-23-14-27;/h3-6,9-12,14H,7-8,13H2,1-2H3,(H2,22,24,26);1H. The number of nitrogens with zero attached hydrogens (tertiary/aromatic N) is 4. The van der Waals surface area contributed by atoms with Gasteiger partial charge in [0.05, 0.1) is 7.11 Å². The molecule has 2 N–H and O–H groups in total. The number of pyridine rings is 1. The quantitative estimate of drug-likeness (QED) is 0.280. The lowest BCUT2D eigenvalue weighted by Crippen LogP contribution is -2.37. The summed E-state index contributed by atoms with van der Waals surface area (Å²) in [7, 11) is 3.37. The van der Waals surface area contributed by atoms with Gasteiger partial charge >= 0.3 is 0 Å². The van der Waals surface area contributed by atoms with Gasteiger partial charge in [0.15, 0.2) is 5.96 Å². The predicted octanol–water partition coefficient (Wildman–Crippen LogP) is 3.46. The molecule has 0 fully saturated rings. The summed E-state index contributed by atoms with van der Waals surface area (Å²) in [6.07, 6.45) is 7.94. The van der Waals surface area contributed by atoms with Crippen molar-refractivity contribution in [1.29, 1.82) is 0 Å². The van der Waals surface area contributed by atoms with Crippen LogP contribution in [-0.4, -0.2) is 41.2 Å². The van der Waals surface area contributed by atoms with Gasteiger partial charge in [-0.05, 0) is 35.7 Å². The fourth-order valence-electron chi connectivity index (χ4n) is 2.65. The molecule has 154 valence electrons. The van der Waals surface area contributed by atoms with E-state index in [1.807, 2.05) is 47.3 Å². The molecule has 2 heterocycles. The third-order valence-corrected chi connectivity index (χ3v) is 4.56. The minimum Gasteiger partial charge on any atom is -0.497 e. The van der Waals surface area contributed by atoms with E-state index in [9.17, 15) is 0 Å². The second-order valence-electron chi connectivity index (χ2n) is 6.05. The van der Waals surface area contributed by atoms with Crippen LogP contribution in [0.15, 0.2) is 60.2 Å². The van der Waals surface area contributed by atoms with Gasteiger partial charge in [-0.2, -0.15) is 0 Å². The molecule has 2 aromatic heterocycles. The molecule has 0 spiro atoms. The molecule has 0 saturated carbocycles. The highest BCUT2D eigenvalue weighted by molar-refractivity contribution is 14.0. The van der Waals surface area contributed by atoms with Crippen LogP contribution in [0.25, 0.3) is 5.82 Å². The summed E-state index contributed by atoms with van der Waals surface area (Å²) >= 11 is 6.28. The minimum atomic E-state index is 0. The molecule has 29 heavy (non-hydrogen) atoms. The largest absolute Gasteiger partial charge is 0.497 e. The minimum absolute atomic E-state index is 0. The Morgan fingerprint density at radius 1 is 1.24 bits per heavy atom. The summed E-state index contributed by atoms with van der Waals surface area (Å²) in [4.78, 5) is 12.7. The molecule has 0 amide bonds. The van der Waals surface area contributed by atoms with Crippen LogP contribution in [0.3, 0.4) is 0 Å². The van der Waals surface area contributed by atoms with Crippen molar-refractivity contribution in [2.75, 3.05) is 20.7 Å². The number of rotatable bonds is 7. The van der Waals surface area contributed by atoms with Gasteiger partial charge in [0, 0.05) is 43.8 Å². The lowest BCUT2D eigenvalue weighted by Gasteiger charge is -2.13. The molecule has 0 aliphatic carbocycles. The molecule has 9 heteroatoms. The molecule has 0 atom stereocenters. The average molecular weight is 527 g/mol. The Kier molecular flexibility index (Phi) is 9.20. The van der Waals surface area contributed by atoms with Gasteiger partial charge < -0.3 is 15.4 Å². The number of ether oxygens (including phenoxy) is 1. The number of hydrogen-bond acceptors (Lipinski definition) is 4. The van der Waals surface area contributed by atoms with E-state index in [1.165, 1.54) is 0 Å². The van der Waals surface area contributed by atoms with E-state index in [1.54, 1.807) is 26.7 Å². The zero-order valence-corrected chi connectivity index (χ0v) is 19.4. The maximum Gasteiger partial charge on any atom is 0.191 e. The molecule has 0 aliphatic heterocycles. The molecule has 3 aromatic rings. The van der Waals surface area contributed by atoms with E-state index in [4.69, 9.17) is 16.3 Å². The summed E-state index contributed by atoms with van der Waals surface area (Å²) in [5, 5.41) is 7.28. The number of aromatic nitrogens is 3. The van der Waals surface area contributed by atoms with Crippen molar-refractivity contribution >= 4 is 41.5 Å². The first-order chi connectivity index (χ1) is 13.7. The van der Waals surface area contributed by atoms with Crippen LogP contribution >= 0.6 is 35.6 Å². The third-order valence-electron chi connectivity index (χ3n) is 4.21. The number of halogens is 2. The van der Waals surface area contributed by atoms with Crippen molar-refractivity contribution in [2.24, 2.45) is 4.99 Å². The Labute approximate surface area is 192 Å². The van der Waals surface area contributed by atoms with Crippen LogP contribution in [0.4, 0.5) is 0 Å². The average Bonchev–Trinajstić information content (AvgIpc) is 3.26. The Balaban J connectivity index is 0.00000300. The molecule has 7 nitrogen and oxygen atoms in total. The van der Waals surface area contributed by atoms with Gasteiger partial charge in [0.25, 0.3) is 0 Å². The zero-order chi connectivity index (χ0) is 19.8. The second-order valence-corrected chi connectivity index (χ2v) is 6.46. The SMILES string of the molecule is CN=C(NCCc1ccc(OC)cc1Cl)NCc1ccc(-n2ccnc2)nc1.I. The summed E-state index contributed by atoms with van der Waals surface area (Å²) in [5.41, 5.74) is 2.12. The summed E-state index contributed by atoms with van der Waals surface area (Å²) in [6.45, 7) is 1.34. The van der Waals surface area contributed by atoms with Crippen LogP contribution in [0.1, 0.15) is 11.1 Å². The number of benzene rings is 1. The molecule has 1 aromatic carbocycles. The van der Waals surface area contributed by atoms with Crippen LogP contribution in [-0.2, 0) is 13.0 Å². The van der Waals surface area contributed by atoms with Gasteiger partial charge in [-0.1, -0.05) is 23.7 Å². The van der Waals surface area contributed by atoms with Crippen LogP contribution in [0, 0.1) is 0 Å². The first-order valence-corrected chi connectivity index (χ1v) is 9.27. The highest BCUT2D eigenvalue weighted by Crippen LogP contribution is 2.22. The van der Waals surface area contributed by atoms with Gasteiger partial charge in [0.1, 0.15) is 17.9 Å². The molecule has 0 unspecified atom stereocenters. The van der Waals surface area contributed by atoms with E-state index in [0.29, 0.717) is 18.1 Å². The van der Waals surface area contributed by atoms with Crippen molar-refractivity contribution in [2.45, 2.75) is 13.0 Å². The topological polar surface area (TPSA) is 76.4 Å². The molecule has 3 rings (SSSR count). The maximum atomic E-state index is 6.28. The lowest BCUT2D eigenvalue weighted by molar-refractivity contribution is 0.414. The number of aliphatic imine (C=N–C) groups is 1. The van der Waals surface area contributed by atoms with Gasteiger partial charge in [0.2, 0.25) is 0 Å². The monoisotopic (exact) mass is 526 g/mol. The number of imidazole rings is 1. The van der Waals surface area contributed by atoms with Crippen LogP contribution in [0.5, 0.6) is 5.75 Å². The van der Waals surface area contributed by atoms with Crippen molar-refractivity contribution in [3.63, 3.8) is 0 Å². The van der Waals surface area contributed by atoms with Crippen molar-refractivity contribution in [3.8, 4) is 11.6 Å². The Morgan fingerprint density at radius 2 is 2.10 bits per heavy atom. The number of guanidine groups is 1. The summed E-state index contributed by atoms with van der Waals surface area (Å²) in [6, 6.07) is 9.70. The number of methoxy groups -OCH3 is 1. The molecule has 0 bridgehead atoms. The molecular formula is C20H24ClIN6O. The Morgan fingerprint density at radius 3 is 2.72 bits per heavy atom. The van der Waals surface area contributed by atoms with Gasteiger partial charge in [-0.3, -0.25) is 9.56 Å². The number of hydrogen-bond donors (Lipinski definition) is 2. The van der Waals surface area contributed by atoms with Crippen LogP contribution in [0.2, 0.25) is 5.02 Å². The normalized spacial score (nSPS) is 10.9. The first-order valence-electron chi connectivity index (χ1n) is 8.90. The fraction of sp³-hybridized carbons (Fsp3) is 0.250. The molecular weight excluding hydrogens is 503 g/mol. The Bertz CT molecular complexity index is 915. The smallest absolute Gasteiger partial charge is 0.191 e. The van der Waals surface area contributed by atoms with Crippen molar-refractivity contribution in [3.05, 3.63) is 71.4 Å². The van der Waals surface area contributed by atoms with Gasteiger partial charge in [-0.25, -0.2) is 9.97 Å². The molecule has 0 radical (unpaired) electrons. The maximum absolute atomic E-state index is 6.28. The van der Waals surface area contributed by atoms with Crippen molar-refractivity contribution in [1.82, 2.24) is 25.2 Å².